The Labute approximate surface area is 177 Å². The molecule has 1 aromatic carbocycles. The highest BCUT2D eigenvalue weighted by Gasteiger charge is 2.23. The van der Waals surface area contributed by atoms with Crippen molar-refractivity contribution in [1.29, 1.82) is 0 Å². The summed E-state index contributed by atoms with van der Waals surface area (Å²) >= 11 is 6.20. The highest BCUT2D eigenvalue weighted by Crippen LogP contribution is 2.28. The van der Waals surface area contributed by atoms with Gasteiger partial charge in [-0.05, 0) is 32.0 Å². The molecule has 29 heavy (non-hydrogen) atoms. The van der Waals surface area contributed by atoms with Crippen LogP contribution in [0.4, 0.5) is 16.3 Å². The average Bonchev–Trinajstić information content (AvgIpc) is 2.69. The van der Waals surface area contributed by atoms with E-state index in [1.54, 1.807) is 23.1 Å². The summed E-state index contributed by atoms with van der Waals surface area (Å²) in [4.78, 5) is 25.8. The molecule has 3 rings (SSSR count). The maximum atomic E-state index is 12.6. The molecule has 1 N–H and O–H groups in total. The summed E-state index contributed by atoms with van der Waals surface area (Å²) in [6.07, 6.45) is 0. The van der Waals surface area contributed by atoms with Gasteiger partial charge in [0.05, 0.1) is 11.6 Å². The van der Waals surface area contributed by atoms with Gasteiger partial charge in [0.2, 0.25) is 0 Å². The van der Waals surface area contributed by atoms with Gasteiger partial charge in [-0.1, -0.05) is 25.4 Å². The van der Waals surface area contributed by atoms with Crippen LogP contribution in [0.3, 0.4) is 0 Å². The molecular weight excluding hydrogens is 390 g/mol. The summed E-state index contributed by atoms with van der Waals surface area (Å²) in [7, 11) is 0. The zero-order chi connectivity index (χ0) is 21.0. The van der Waals surface area contributed by atoms with Crippen molar-refractivity contribution in [2.24, 2.45) is 0 Å². The molecule has 1 aliphatic rings. The van der Waals surface area contributed by atoms with Crippen LogP contribution >= 0.6 is 11.6 Å². The number of aromatic nitrogens is 2. The average molecular weight is 418 g/mol. The molecule has 2 aromatic rings. The Hall–Kier alpha value is -2.54. The van der Waals surface area contributed by atoms with Gasteiger partial charge >= 0.3 is 6.03 Å². The Balaban J connectivity index is 1.59. The second kappa shape index (κ2) is 9.31. The van der Waals surface area contributed by atoms with Crippen molar-refractivity contribution in [1.82, 2.24) is 14.9 Å². The standard InChI is InChI=1S/C21H28ClN5O2/c1-5-29-18-7-6-16(13-17(18)22)24-21(28)27-10-8-26(9-11-27)19-12-15(4)23-20(25-19)14(2)3/h6-7,12-14H,5,8-11H2,1-4H3,(H,24,28). The molecule has 0 atom stereocenters. The van der Waals surface area contributed by atoms with Crippen molar-refractivity contribution in [2.75, 3.05) is 43.0 Å². The largest absolute Gasteiger partial charge is 0.492 e. The summed E-state index contributed by atoms with van der Waals surface area (Å²) in [5, 5.41) is 3.39. The third-order valence-corrected chi connectivity index (χ3v) is 5.04. The Morgan fingerprint density at radius 1 is 1.21 bits per heavy atom. The van der Waals surface area contributed by atoms with Crippen LogP contribution in [0.1, 0.15) is 38.2 Å². The molecule has 156 valence electrons. The van der Waals surface area contributed by atoms with Crippen molar-refractivity contribution in [3.05, 3.63) is 40.8 Å². The minimum Gasteiger partial charge on any atom is -0.492 e. The van der Waals surface area contributed by atoms with Crippen LogP contribution < -0.4 is 15.0 Å². The van der Waals surface area contributed by atoms with E-state index >= 15 is 0 Å². The first kappa shape index (κ1) is 21.2. The fourth-order valence-electron chi connectivity index (χ4n) is 3.19. The highest BCUT2D eigenvalue weighted by molar-refractivity contribution is 6.32. The van der Waals surface area contributed by atoms with Gasteiger partial charge in [-0.3, -0.25) is 0 Å². The molecule has 0 aliphatic carbocycles. The number of carbonyl (C=O) groups is 1. The van der Waals surface area contributed by atoms with Gasteiger partial charge in [0.15, 0.2) is 0 Å². The third-order valence-electron chi connectivity index (χ3n) is 4.75. The molecule has 1 aliphatic heterocycles. The summed E-state index contributed by atoms with van der Waals surface area (Å²) in [5.74, 6) is 2.68. The van der Waals surface area contributed by atoms with Crippen LogP contribution in [0.25, 0.3) is 0 Å². The molecule has 7 nitrogen and oxygen atoms in total. The number of hydrogen-bond acceptors (Lipinski definition) is 5. The number of amides is 2. The Morgan fingerprint density at radius 2 is 1.93 bits per heavy atom. The molecule has 0 unspecified atom stereocenters. The molecule has 1 saturated heterocycles. The van der Waals surface area contributed by atoms with Crippen LogP contribution in [0, 0.1) is 6.92 Å². The predicted octanol–water partition coefficient (Wildman–Crippen LogP) is 4.31. The molecule has 1 fully saturated rings. The molecule has 2 heterocycles. The lowest BCUT2D eigenvalue weighted by Crippen LogP contribution is -2.50. The lowest BCUT2D eigenvalue weighted by molar-refractivity contribution is 0.208. The first-order valence-corrected chi connectivity index (χ1v) is 10.3. The topological polar surface area (TPSA) is 70.6 Å². The van der Waals surface area contributed by atoms with Crippen molar-refractivity contribution >= 4 is 29.1 Å². The van der Waals surface area contributed by atoms with Crippen LogP contribution in [-0.2, 0) is 0 Å². The van der Waals surface area contributed by atoms with Gasteiger partial charge in [0.25, 0.3) is 0 Å². The third kappa shape index (κ3) is 5.29. The maximum Gasteiger partial charge on any atom is 0.321 e. The fourth-order valence-corrected chi connectivity index (χ4v) is 3.42. The Kier molecular flexibility index (Phi) is 6.79. The minimum absolute atomic E-state index is 0.133. The van der Waals surface area contributed by atoms with E-state index in [1.807, 2.05) is 19.9 Å². The van der Waals surface area contributed by atoms with E-state index in [1.165, 1.54) is 0 Å². The van der Waals surface area contributed by atoms with E-state index in [2.05, 4.69) is 29.0 Å². The molecule has 0 saturated carbocycles. The predicted molar refractivity (Wildman–Crippen MR) is 116 cm³/mol. The normalized spacial score (nSPS) is 14.3. The lowest BCUT2D eigenvalue weighted by atomic mass is 10.2. The quantitative estimate of drug-likeness (QED) is 0.784. The summed E-state index contributed by atoms with van der Waals surface area (Å²) in [6.45, 7) is 11.3. The smallest absolute Gasteiger partial charge is 0.321 e. The van der Waals surface area contributed by atoms with Crippen molar-refractivity contribution in [2.45, 2.75) is 33.6 Å². The van der Waals surface area contributed by atoms with Gasteiger partial charge in [-0.2, -0.15) is 0 Å². The van der Waals surface area contributed by atoms with E-state index in [4.69, 9.17) is 21.3 Å². The van der Waals surface area contributed by atoms with Crippen LogP contribution in [-0.4, -0.2) is 53.7 Å². The van der Waals surface area contributed by atoms with Crippen LogP contribution in [0.5, 0.6) is 5.75 Å². The monoisotopic (exact) mass is 417 g/mol. The fraction of sp³-hybridized carbons (Fsp3) is 0.476. The molecule has 0 bridgehead atoms. The SMILES string of the molecule is CCOc1ccc(NC(=O)N2CCN(c3cc(C)nc(C(C)C)n3)CC2)cc1Cl. The van der Waals surface area contributed by atoms with E-state index < -0.39 is 0 Å². The number of benzene rings is 1. The number of urea groups is 1. The second-order valence-electron chi connectivity index (χ2n) is 7.36. The van der Waals surface area contributed by atoms with Gasteiger partial charge in [-0.25, -0.2) is 14.8 Å². The first-order valence-electron chi connectivity index (χ1n) is 9.96. The van der Waals surface area contributed by atoms with E-state index in [9.17, 15) is 4.79 Å². The number of piperazine rings is 1. The number of rotatable bonds is 5. The van der Waals surface area contributed by atoms with E-state index in [0.717, 1.165) is 30.4 Å². The zero-order valence-electron chi connectivity index (χ0n) is 17.4. The van der Waals surface area contributed by atoms with E-state index in [-0.39, 0.29) is 11.9 Å². The number of hydrogen-bond donors (Lipinski definition) is 1. The number of halogens is 1. The summed E-state index contributed by atoms with van der Waals surface area (Å²) < 4.78 is 5.43. The number of nitrogens with one attached hydrogen (secondary N) is 1. The van der Waals surface area contributed by atoms with Crippen LogP contribution in [0.15, 0.2) is 24.3 Å². The molecular formula is C21H28ClN5O2. The van der Waals surface area contributed by atoms with Gasteiger partial charge in [-0.15, -0.1) is 0 Å². The maximum absolute atomic E-state index is 12.6. The van der Waals surface area contributed by atoms with Gasteiger partial charge < -0.3 is 19.9 Å². The van der Waals surface area contributed by atoms with Crippen molar-refractivity contribution in [3.8, 4) is 5.75 Å². The molecule has 0 spiro atoms. The first-order chi connectivity index (χ1) is 13.9. The lowest BCUT2D eigenvalue weighted by Gasteiger charge is -2.35. The molecule has 0 radical (unpaired) electrons. The molecule has 1 aromatic heterocycles. The highest BCUT2D eigenvalue weighted by atomic mass is 35.5. The number of ether oxygens (including phenoxy) is 1. The molecule has 2 amide bonds. The number of aryl methyl sites for hydroxylation is 1. The number of carbonyl (C=O) groups excluding carboxylic acids is 1. The van der Waals surface area contributed by atoms with Gasteiger partial charge in [0, 0.05) is 49.5 Å². The van der Waals surface area contributed by atoms with E-state index in [0.29, 0.717) is 36.2 Å². The second-order valence-corrected chi connectivity index (χ2v) is 7.77. The minimum atomic E-state index is -0.133. The number of nitrogens with zero attached hydrogens (tertiary/aromatic N) is 4. The zero-order valence-corrected chi connectivity index (χ0v) is 18.2. The Bertz CT molecular complexity index is 866. The molecule has 8 heteroatoms. The van der Waals surface area contributed by atoms with Gasteiger partial charge in [0.1, 0.15) is 17.4 Å². The Morgan fingerprint density at radius 3 is 2.55 bits per heavy atom. The van der Waals surface area contributed by atoms with Crippen molar-refractivity contribution < 1.29 is 9.53 Å². The summed E-state index contributed by atoms with van der Waals surface area (Å²) in [6, 6.07) is 7.14. The van der Waals surface area contributed by atoms with Crippen LogP contribution in [0.2, 0.25) is 5.02 Å². The summed E-state index contributed by atoms with van der Waals surface area (Å²) in [5.41, 5.74) is 1.62. The number of anilines is 2. The van der Waals surface area contributed by atoms with Crippen molar-refractivity contribution in [3.63, 3.8) is 0 Å².